The molecule has 0 bridgehead atoms. The van der Waals surface area contributed by atoms with Crippen LogP contribution in [0.3, 0.4) is 0 Å². The highest BCUT2D eigenvalue weighted by Crippen LogP contribution is 2.41. The molecule has 3 saturated carbocycles. The van der Waals surface area contributed by atoms with Gasteiger partial charge in [0.1, 0.15) is 6.54 Å². The minimum atomic E-state index is -3.56. The van der Waals surface area contributed by atoms with Crippen LogP contribution in [-0.2, 0) is 19.6 Å². The van der Waals surface area contributed by atoms with Gasteiger partial charge in [-0.15, -0.1) is 0 Å². The van der Waals surface area contributed by atoms with Gasteiger partial charge >= 0.3 is 6.03 Å². The van der Waals surface area contributed by atoms with Crippen molar-refractivity contribution < 1.29 is 22.7 Å². The highest BCUT2D eigenvalue weighted by atomic mass is 32.2. The molecule has 3 amide bonds. The molecule has 0 aromatic carbocycles. The van der Waals surface area contributed by atoms with E-state index in [0.29, 0.717) is 19.4 Å². The molecule has 1 saturated heterocycles. The van der Waals surface area contributed by atoms with Crippen LogP contribution in [-0.4, -0.2) is 73.3 Å². The number of rotatable bonds is 7. The number of amides is 3. The van der Waals surface area contributed by atoms with Crippen LogP contribution >= 0.6 is 0 Å². The number of nitrogens with zero attached hydrogens (tertiary/aromatic N) is 3. The van der Waals surface area contributed by atoms with E-state index in [4.69, 9.17) is 4.74 Å². The Bertz CT molecular complexity index is 896. The number of sulfonamides is 1. The van der Waals surface area contributed by atoms with Crippen molar-refractivity contribution >= 4 is 22.0 Å². The summed E-state index contributed by atoms with van der Waals surface area (Å²) in [7, 11) is -1.85. The molecule has 0 aromatic rings. The molecule has 4 fully saturated rings. The molecule has 4 aliphatic rings. The van der Waals surface area contributed by atoms with Gasteiger partial charge in [0.25, 0.3) is 0 Å². The number of carbonyl (C=O) groups excluding carboxylic acids is 2. The Labute approximate surface area is 190 Å². The summed E-state index contributed by atoms with van der Waals surface area (Å²) in [5, 5.41) is 8.55. The van der Waals surface area contributed by atoms with Gasteiger partial charge < -0.3 is 9.64 Å². The summed E-state index contributed by atoms with van der Waals surface area (Å²) in [6.45, 7) is 2.10. The Hall–Kier alpha value is -1.70. The zero-order valence-corrected chi connectivity index (χ0v) is 19.8. The molecule has 3 aliphatic carbocycles. The molecule has 10 heteroatoms. The van der Waals surface area contributed by atoms with Crippen LogP contribution in [0.1, 0.15) is 64.7 Å². The second-order valence-corrected chi connectivity index (χ2v) is 12.2. The maximum atomic E-state index is 13.2. The quantitative estimate of drug-likeness (QED) is 0.573. The minimum absolute atomic E-state index is 0.178. The van der Waals surface area contributed by atoms with E-state index in [2.05, 4.69) is 4.72 Å². The number of hydrogen-bond acceptors (Lipinski definition) is 6. The molecule has 0 spiro atoms. The largest absolute Gasteiger partial charge is 0.381 e. The maximum Gasteiger partial charge on any atom is 0.327 e. The monoisotopic (exact) mass is 466 g/mol. The summed E-state index contributed by atoms with van der Waals surface area (Å²) < 4.78 is 34.3. The molecule has 9 nitrogen and oxygen atoms in total. The molecular formula is C22H34N4O5S. The van der Waals surface area contributed by atoms with E-state index in [9.17, 15) is 23.3 Å². The van der Waals surface area contributed by atoms with Crippen LogP contribution in [0.5, 0.6) is 0 Å². The molecule has 5 atom stereocenters. The first-order chi connectivity index (χ1) is 15.2. The Morgan fingerprint density at radius 3 is 2.59 bits per heavy atom. The van der Waals surface area contributed by atoms with Gasteiger partial charge in [0.15, 0.2) is 0 Å². The van der Waals surface area contributed by atoms with Gasteiger partial charge in [0.05, 0.1) is 23.3 Å². The number of urea groups is 1. The smallest absolute Gasteiger partial charge is 0.327 e. The lowest BCUT2D eigenvalue weighted by Crippen LogP contribution is -2.64. The molecule has 32 heavy (non-hydrogen) atoms. The second kappa shape index (κ2) is 8.92. The van der Waals surface area contributed by atoms with Crippen molar-refractivity contribution in [3.8, 4) is 6.07 Å². The Morgan fingerprint density at radius 1 is 1.19 bits per heavy atom. The van der Waals surface area contributed by atoms with Gasteiger partial charge in [-0.25, -0.2) is 22.8 Å². The fourth-order valence-electron chi connectivity index (χ4n) is 5.67. The average Bonchev–Trinajstić information content (AvgIpc) is 3.49. The minimum Gasteiger partial charge on any atom is -0.381 e. The average molecular weight is 467 g/mol. The molecule has 1 heterocycles. The van der Waals surface area contributed by atoms with Crippen molar-refractivity contribution in [2.24, 2.45) is 11.8 Å². The van der Waals surface area contributed by atoms with Crippen molar-refractivity contribution in [1.29, 1.82) is 5.26 Å². The third-order valence-corrected chi connectivity index (χ3v) is 9.89. The SMILES string of the molecule is COC1CCCC(CN2C(=O)N(CC#N)C(=O)C3CC(S(=O)(=O)NC4(C)CC4)CCC32)C1. The molecule has 178 valence electrons. The molecule has 0 radical (unpaired) electrons. The van der Waals surface area contributed by atoms with Gasteiger partial charge in [0.2, 0.25) is 15.9 Å². The summed E-state index contributed by atoms with van der Waals surface area (Å²) in [5.41, 5.74) is -0.361. The first-order valence-electron chi connectivity index (χ1n) is 11.7. The third-order valence-electron chi connectivity index (χ3n) is 7.81. The summed E-state index contributed by atoms with van der Waals surface area (Å²) in [5.74, 6) is -0.729. The molecule has 5 unspecified atom stereocenters. The first-order valence-corrected chi connectivity index (χ1v) is 13.3. The lowest BCUT2D eigenvalue weighted by Gasteiger charge is -2.49. The normalized spacial score (nSPS) is 34.7. The van der Waals surface area contributed by atoms with Gasteiger partial charge in [0, 0.05) is 25.2 Å². The van der Waals surface area contributed by atoms with Gasteiger partial charge in [-0.2, -0.15) is 5.26 Å². The second-order valence-electron chi connectivity index (χ2n) is 10.2. The van der Waals surface area contributed by atoms with Crippen LogP contribution in [0.2, 0.25) is 0 Å². The number of ether oxygens (including phenoxy) is 1. The fourth-order valence-corrected chi connectivity index (χ4v) is 7.64. The van der Waals surface area contributed by atoms with E-state index in [0.717, 1.165) is 43.4 Å². The lowest BCUT2D eigenvalue weighted by atomic mass is 9.79. The number of carbonyl (C=O) groups is 2. The number of methoxy groups -OCH3 is 1. The van der Waals surface area contributed by atoms with E-state index in [-0.39, 0.29) is 36.6 Å². The Kier molecular flexibility index (Phi) is 6.54. The summed E-state index contributed by atoms with van der Waals surface area (Å²) >= 11 is 0. The molecule has 1 aliphatic heterocycles. The van der Waals surface area contributed by atoms with E-state index >= 15 is 0 Å². The number of fused-ring (bicyclic) bond motifs is 1. The molecule has 0 aromatic heterocycles. The van der Waals surface area contributed by atoms with E-state index in [1.54, 1.807) is 12.0 Å². The van der Waals surface area contributed by atoms with Crippen molar-refractivity contribution in [3.05, 3.63) is 0 Å². The Morgan fingerprint density at radius 2 is 1.94 bits per heavy atom. The van der Waals surface area contributed by atoms with Gasteiger partial charge in [-0.05, 0) is 64.2 Å². The van der Waals surface area contributed by atoms with E-state index < -0.39 is 33.1 Å². The topological polar surface area (TPSA) is 120 Å². The fraction of sp³-hybridized carbons (Fsp3) is 0.864. The highest BCUT2D eigenvalue weighted by Gasteiger charge is 2.52. The standard InChI is InChI=1S/C22H34N4O5S/c1-22(8-9-22)24-32(29,30)17-6-7-19-18(13-17)20(27)25(11-10-23)21(28)26(19)14-15-4-3-5-16(12-15)31-2/h15-19,24H,3-9,11-14H2,1-2H3. The van der Waals surface area contributed by atoms with Crippen LogP contribution < -0.4 is 4.72 Å². The van der Waals surface area contributed by atoms with Crippen molar-refractivity contribution in [2.45, 2.75) is 87.6 Å². The van der Waals surface area contributed by atoms with Crippen LogP contribution in [0.25, 0.3) is 0 Å². The summed E-state index contributed by atoms with van der Waals surface area (Å²) in [6.07, 6.45) is 6.82. The molecule has 1 N–H and O–H groups in total. The summed E-state index contributed by atoms with van der Waals surface area (Å²) in [6, 6.07) is 1.20. The van der Waals surface area contributed by atoms with Crippen molar-refractivity contribution in [2.75, 3.05) is 20.2 Å². The predicted molar refractivity (Wildman–Crippen MR) is 117 cm³/mol. The zero-order valence-electron chi connectivity index (χ0n) is 19.0. The van der Waals surface area contributed by atoms with Gasteiger partial charge in [-0.1, -0.05) is 6.42 Å². The van der Waals surface area contributed by atoms with E-state index in [1.165, 1.54) is 0 Å². The first kappa shape index (κ1) is 23.5. The highest BCUT2D eigenvalue weighted by molar-refractivity contribution is 7.90. The van der Waals surface area contributed by atoms with Crippen molar-refractivity contribution in [1.82, 2.24) is 14.5 Å². The molecular weight excluding hydrogens is 432 g/mol. The number of hydrogen-bond donors (Lipinski definition) is 1. The lowest BCUT2D eigenvalue weighted by molar-refractivity contribution is -0.140. The molecule has 4 rings (SSSR count). The zero-order chi connectivity index (χ0) is 23.1. The number of nitriles is 1. The maximum absolute atomic E-state index is 13.2. The third kappa shape index (κ3) is 4.66. The van der Waals surface area contributed by atoms with Crippen LogP contribution in [0.4, 0.5) is 4.79 Å². The number of imide groups is 1. The van der Waals surface area contributed by atoms with Crippen LogP contribution in [0, 0.1) is 23.2 Å². The number of nitrogens with one attached hydrogen (secondary N) is 1. The van der Waals surface area contributed by atoms with E-state index in [1.807, 2.05) is 13.0 Å². The van der Waals surface area contributed by atoms with Gasteiger partial charge in [-0.3, -0.25) is 4.79 Å². The van der Waals surface area contributed by atoms with Crippen molar-refractivity contribution in [3.63, 3.8) is 0 Å². The summed E-state index contributed by atoms with van der Waals surface area (Å²) in [4.78, 5) is 29.1. The Balaban J connectivity index is 1.53. The predicted octanol–water partition coefficient (Wildman–Crippen LogP) is 1.99. The van der Waals surface area contributed by atoms with Crippen LogP contribution in [0.15, 0.2) is 0 Å².